The smallest absolute Gasteiger partial charge is 0.430 e. The summed E-state index contributed by atoms with van der Waals surface area (Å²) in [5, 5.41) is 8.77. The third-order valence-corrected chi connectivity index (χ3v) is 12.2. The average molecular weight is 560 g/mol. The van der Waals surface area contributed by atoms with Gasteiger partial charge in [-0.15, -0.1) is 0 Å². The van der Waals surface area contributed by atoms with E-state index in [1.807, 2.05) is 12.1 Å². The minimum absolute atomic E-state index is 0.107. The van der Waals surface area contributed by atoms with Crippen molar-refractivity contribution in [2.75, 3.05) is 0 Å². The Morgan fingerprint density at radius 1 is 1.02 bits per heavy atom. The molecular weight excluding hydrogens is 506 g/mol. The molecule has 0 aromatic heterocycles. The second-order valence-electron chi connectivity index (χ2n) is 14.9. The lowest BCUT2D eigenvalue weighted by Gasteiger charge is -2.58. The van der Waals surface area contributed by atoms with Gasteiger partial charge in [-0.05, 0) is 115 Å². The van der Waals surface area contributed by atoms with Crippen LogP contribution in [0.1, 0.15) is 117 Å². The third kappa shape index (κ3) is 6.25. The number of carbonyl (C=O) groups excluding carboxylic acids is 1. The number of benzene rings is 1. The van der Waals surface area contributed by atoms with Gasteiger partial charge in [-0.2, -0.15) is 5.26 Å². The first-order chi connectivity index (χ1) is 19.6. The van der Waals surface area contributed by atoms with Crippen LogP contribution in [0.15, 0.2) is 35.9 Å². The highest BCUT2D eigenvalue weighted by atomic mass is 16.7. The second-order valence-corrected chi connectivity index (χ2v) is 14.9. The molecule has 0 spiro atoms. The Hall–Kier alpha value is -2.28. The Kier molecular flexibility index (Phi) is 9.22. The zero-order valence-corrected chi connectivity index (χ0v) is 26.3. The number of nitriles is 1. The average Bonchev–Trinajstić information content (AvgIpc) is 3.30. The van der Waals surface area contributed by atoms with Crippen LogP contribution in [0.4, 0.5) is 4.79 Å². The Labute approximate surface area is 249 Å². The fourth-order valence-electron chi connectivity index (χ4n) is 9.93. The maximum atomic E-state index is 12.6. The van der Waals surface area contributed by atoms with E-state index >= 15 is 0 Å². The first-order valence-corrected chi connectivity index (χ1v) is 16.7. The summed E-state index contributed by atoms with van der Waals surface area (Å²) in [5.41, 5.74) is 3.35. The molecule has 0 saturated heterocycles. The molecule has 41 heavy (non-hydrogen) atoms. The number of ether oxygens (including phenoxy) is 2. The molecule has 1 aromatic rings. The molecule has 4 heteroatoms. The Balaban J connectivity index is 1.18. The van der Waals surface area contributed by atoms with Crippen LogP contribution in [0.5, 0.6) is 5.75 Å². The second kappa shape index (κ2) is 12.5. The summed E-state index contributed by atoms with van der Waals surface area (Å²) >= 11 is 0. The van der Waals surface area contributed by atoms with Crippen molar-refractivity contribution in [3.05, 3.63) is 41.5 Å². The van der Waals surface area contributed by atoms with E-state index in [1.165, 1.54) is 56.9 Å². The van der Waals surface area contributed by atoms with Gasteiger partial charge in [0.05, 0.1) is 6.07 Å². The van der Waals surface area contributed by atoms with Crippen LogP contribution in [-0.4, -0.2) is 12.3 Å². The highest BCUT2D eigenvalue weighted by Gasteiger charge is 2.59. The van der Waals surface area contributed by atoms with E-state index in [1.54, 1.807) is 12.1 Å². The summed E-state index contributed by atoms with van der Waals surface area (Å²) in [4.78, 5) is 12.6. The largest absolute Gasteiger partial charge is 0.514 e. The molecule has 0 amide bonds. The number of nitrogens with zero attached hydrogens (tertiary/aromatic N) is 1. The van der Waals surface area contributed by atoms with Crippen molar-refractivity contribution in [1.82, 2.24) is 0 Å². The number of carbonyl (C=O) groups is 1. The fourth-order valence-corrected chi connectivity index (χ4v) is 9.93. The van der Waals surface area contributed by atoms with Crippen LogP contribution < -0.4 is 4.74 Å². The van der Waals surface area contributed by atoms with Gasteiger partial charge in [-0.25, -0.2) is 4.79 Å². The highest BCUT2D eigenvalue weighted by molar-refractivity contribution is 5.64. The van der Waals surface area contributed by atoms with Crippen molar-refractivity contribution in [1.29, 1.82) is 5.26 Å². The molecule has 4 nitrogen and oxygen atoms in total. The van der Waals surface area contributed by atoms with Gasteiger partial charge in [-0.1, -0.05) is 77.7 Å². The lowest BCUT2D eigenvalue weighted by Crippen LogP contribution is -2.51. The molecule has 0 radical (unpaired) electrons. The molecule has 0 unspecified atom stereocenters. The van der Waals surface area contributed by atoms with Crippen molar-refractivity contribution in [2.45, 2.75) is 124 Å². The number of aryl methyl sites for hydroxylation is 1. The van der Waals surface area contributed by atoms with E-state index in [-0.39, 0.29) is 11.5 Å². The zero-order chi connectivity index (χ0) is 29.2. The first kappa shape index (κ1) is 30.2. The maximum absolute atomic E-state index is 12.6. The minimum Gasteiger partial charge on any atom is -0.430 e. The first-order valence-electron chi connectivity index (χ1n) is 16.7. The zero-order valence-electron chi connectivity index (χ0n) is 26.3. The topological polar surface area (TPSA) is 59.3 Å². The van der Waals surface area contributed by atoms with E-state index in [0.717, 1.165) is 60.3 Å². The molecule has 4 aliphatic carbocycles. The number of hydrogen-bond donors (Lipinski definition) is 0. The van der Waals surface area contributed by atoms with Crippen molar-refractivity contribution < 1.29 is 14.3 Å². The van der Waals surface area contributed by atoms with Crippen LogP contribution >= 0.6 is 0 Å². The van der Waals surface area contributed by atoms with E-state index in [0.29, 0.717) is 24.0 Å². The summed E-state index contributed by atoms with van der Waals surface area (Å²) in [5.74, 6) is 5.49. The molecule has 1 aromatic carbocycles. The van der Waals surface area contributed by atoms with Gasteiger partial charge in [0.1, 0.15) is 11.9 Å². The number of hydrogen-bond acceptors (Lipinski definition) is 4. The number of fused-ring (bicyclic) bond motifs is 5. The predicted molar refractivity (Wildman–Crippen MR) is 164 cm³/mol. The van der Waals surface area contributed by atoms with Gasteiger partial charge in [0.25, 0.3) is 0 Å². The van der Waals surface area contributed by atoms with Crippen molar-refractivity contribution >= 4 is 6.16 Å². The summed E-state index contributed by atoms with van der Waals surface area (Å²) in [6, 6.07) is 9.55. The predicted octanol–water partition coefficient (Wildman–Crippen LogP) is 10.1. The quantitative estimate of drug-likeness (QED) is 0.172. The molecule has 0 bridgehead atoms. The molecule has 5 rings (SSSR count). The lowest BCUT2D eigenvalue weighted by molar-refractivity contribution is -0.0597. The van der Waals surface area contributed by atoms with Gasteiger partial charge < -0.3 is 9.47 Å². The van der Waals surface area contributed by atoms with E-state index in [9.17, 15) is 4.79 Å². The normalized spacial score (nSPS) is 35.0. The summed E-state index contributed by atoms with van der Waals surface area (Å²) in [6.45, 7) is 12.5. The maximum Gasteiger partial charge on any atom is 0.514 e. The summed E-state index contributed by atoms with van der Waals surface area (Å²) in [6.07, 6.45) is 16.9. The van der Waals surface area contributed by atoms with Crippen LogP contribution in [0.2, 0.25) is 0 Å². The van der Waals surface area contributed by atoms with Gasteiger partial charge in [0.15, 0.2) is 0 Å². The van der Waals surface area contributed by atoms with E-state index < -0.39 is 6.16 Å². The molecule has 3 saturated carbocycles. The van der Waals surface area contributed by atoms with Crippen LogP contribution in [0.25, 0.3) is 0 Å². The van der Waals surface area contributed by atoms with Crippen LogP contribution in [0.3, 0.4) is 0 Å². The van der Waals surface area contributed by atoms with Gasteiger partial charge in [0.2, 0.25) is 0 Å². The van der Waals surface area contributed by atoms with Gasteiger partial charge >= 0.3 is 6.16 Å². The third-order valence-electron chi connectivity index (χ3n) is 12.2. The lowest BCUT2D eigenvalue weighted by atomic mass is 9.47. The Bertz CT molecular complexity index is 1130. The van der Waals surface area contributed by atoms with Crippen molar-refractivity contribution in [3.8, 4) is 11.8 Å². The molecule has 0 aliphatic heterocycles. The molecule has 8 atom stereocenters. The highest BCUT2D eigenvalue weighted by Crippen LogP contribution is 2.67. The monoisotopic (exact) mass is 559 g/mol. The molecule has 3 fully saturated rings. The SMILES string of the molecule is CC(C)CCC[C@H](C)[C@H]1CC[C@H]2[C@@H]3CC=C4C[C@H](OC(=O)Oc5ccc(CCC#N)cc5)CC[C@]4(C)[C@H]3CC[C@]12C. The minimum atomic E-state index is -0.606. The summed E-state index contributed by atoms with van der Waals surface area (Å²) in [7, 11) is 0. The molecule has 224 valence electrons. The van der Waals surface area contributed by atoms with E-state index in [2.05, 4.69) is 46.8 Å². The summed E-state index contributed by atoms with van der Waals surface area (Å²) < 4.78 is 11.3. The number of allylic oxidation sites excluding steroid dienone is 1. The van der Waals surface area contributed by atoms with Gasteiger partial charge in [0, 0.05) is 12.8 Å². The van der Waals surface area contributed by atoms with E-state index in [4.69, 9.17) is 14.7 Å². The number of rotatable bonds is 9. The Morgan fingerprint density at radius 2 is 1.80 bits per heavy atom. The van der Waals surface area contributed by atoms with Crippen LogP contribution in [-0.2, 0) is 11.2 Å². The fraction of sp³-hybridized carbons (Fsp3) is 0.730. The van der Waals surface area contributed by atoms with Crippen molar-refractivity contribution in [2.24, 2.45) is 46.3 Å². The molecule has 0 heterocycles. The standard InChI is InChI=1S/C37H53NO3/c1-25(2)8-6-9-26(3)32-17-18-33-31-16-13-28-24-30(19-21-36(28,4)34(31)20-22-37(32,33)5)41-35(39)40-29-14-11-27(12-15-29)10-7-23-38/h11-15,25-26,30-34H,6-10,16-22,24H2,1-5H3/t26-,30+,31-,32+,33-,34-,36-,37+/m0/s1. The van der Waals surface area contributed by atoms with Crippen molar-refractivity contribution in [3.63, 3.8) is 0 Å². The molecular formula is C37H53NO3. The Morgan fingerprint density at radius 3 is 2.54 bits per heavy atom. The molecule has 4 aliphatic rings. The molecule has 0 N–H and O–H groups in total. The van der Waals surface area contributed by atoms with Crippen LogP contribution in [0, 0.1) is 57.7 Å². The van der Waals surface area contributed by atoms with Gasteiger partial charge in [-0.3, -0.25) is 0 Å².